The second-order valence-electron chi connectivity index (χ2n) is 6.86. The van der Waals surface area contributed by atoms with E-state index in [1.165, 1.54) is 0 Å². The summed E-state index contributed by atoms with van der Waals surface area (Å²) in [5.74, 6) is 0. The molecule has 1 aliphatic rings. The molecule has 2 aromatic heterocycles. The fourth-order valence-corrected chi connectivity index (χ4v) is 3.91. The van der Waals surface area contributed by atoms with Crippen molar-refractivity contribution in [1.29, 1.82) is 0 Å². The molecule has 1 atom stereocenters. The summed E-state index contributed by atoms with van der Waals surface area (Å²) in [4.78, 5) is 18.4. The number of benzene rings is 1. The van der Waals surface area contributed by atoms with E-state index in [1.54, 1.807) is 22.4 Å². The third-order valence-electron chi connectivity index (χ3n) is 4.60. The topological polar surface area (TPSA) is 84.3 Å². The highest BCUT2D eigenvalue weighted by Crippen LogP contribution is 2.29. The average molecular weight is 413 g/mol. The van der Waals surface area contributed by atoms with Crippen LogP contribution < -0.4 is 15.5 Å². The summed E-state index contributed by atoms with van der Waals surface area (Å²) in [6.07, 6.45) is 3.72. The van der Waals surface area contributed by atoms with Gasteiger partial charge >= 0.3 is 6.03 Å². The van der Waals surface area contributed by atoms with Crippen molar-refractivity contribution < 1.29 is 9.53 Å². The second-order valence-corrected chi connectivity index (χ2v) is 7.72. The van der Waals surface area contributed by atoms with Gasteiger partial charge in [0, 0.05) is 42.0 Å². The van der Waals surface area contributed by atoms with Gasteiger partial charge in [-0.2, -0.15) is 5.10 Å². The highest BCUT2D eigenvalue weighted by atomic mass is 32.1. The molecule has 0 aliphatic carbocycles. The van der Waals surface area contributed by atoms with Gasteiger partial charge in [0.05, 0.1) is 30.7 Å². The largest absolute Gasteiger partial charge is 0.380 e. The van der Waals surface area contributed by atoms with E-state index in [2.05, 4.69) is 20.7 Å². The molecule has 0 unspecified atom stereocenters. The van der Waals surface area contributed by atoms with Gasteiger partial charge in [-0.15, -0.1) is 11.3 Å². The van der Waals surface area contributed by atoms with E-state index < -0.39 is 0 Å². The Balaban J connectivity index is 1.39. The molecular formula is C20H24N6O2S. The summed E-state index contributed by atoms with van der Waals surface area (Å²) in [5, 5.41) is 13.3. The van der Waals surface area contributed by atoms with E-state index in [1.807, 2.05) is 54.4 Å². The minimum absolute atomic E-state index is 0.0489. The van der Waals surface area contributed by atoms with E-state index in [4.69, 9.17) is 4.74 Å². The van der Waals surface area contributed by atoms with Crippen molar-refractivity contribution in [2.45, 2.75) is 26.4 Å². The number of anilines is 3. The van der Waals surface area contributed by atoms with Crippen LogP contribution in [0.2, 0.25) is 0 Å². The SMILES string of the molecule is CCOCCn1cc(Nc2nc(-c3ccc(N4C[C@@H](C)NC4=O)cc3)cs2)cn1. The van der Waals surface area contributed by atoms with E-state index in [0.717, 1.165) is 34.3 Å². The molecule has 152 valence electrons. The van der Waals surface area contributed by atoms with Gasteiger partial charge in [-0.05, 0) is 26.0 Å². The third kappa shape index (κ3) is 4.57. The molecule has 0 radical (unpaired) electrons. The number of urea groups is 1. The number of hydrogen-bond donors (Lipinski definition) is 2. The van der Waals surface area contributed by atoms with Gasteiger partial charge < -0.3 is 15.4 Å². The first kappa shape index (κ1) is 19.4. The van der Waals surface area contributed by atoms with Gasteiger partial charge in [0.1, 0.15) is 0 Å². The first-order valence-corrected chi connectivity index (χ1v) is 10.5. The lowest BCUT2D eigenvalue weighted by atomic mass is 10.1. The van der Waals surface area contributed by atoms with Crippen molar-refractivity contribution in [3.63, 3.8) is 0 Å². The Morgan fingerprint density at radius 1 is 1.34 bits per heavy atom. The van der Waals surface area contributed by atoms with Gasteiger partial charge in [-0.3, -0.25) is 9.58 Å². The molecule has 1 aromatic carbocycles. The molecule has 2 N–H and O–H groups in total. The number of amides is 2. The molecule has 0 saturated carbocycles. The van der Waals surface area contributed by atoms with Gasteiger partial charge in [-0.1, -0.05) is 12.1 Å². The quantitative estimate of drug-likeness (QED) is 0.551. The average Bonchev–Trinajstić information content (AvgIpc) is 3.43. The molecule has 1 fully saturated rings. The third-order valence-corrected chi connectivity index (χ3v) is 5.36. The van der Waals surface area contributed by atoms with Crippen LogP contribution in [0.1, 0.15) is 13.8 Å². The highest BCUT2D eigenvalue weighted by molar-refractivity contribution is 7.14. The first-order valence-electron chi connectivity index (χ1n) is 9.63. The molecule has 4 rings (SSSR count). The van der Waals surface area contributed by atoms with Gasteiger partial charge in [0.15, 0.2) is 5.13 Å². The Hall–Kier alpha value is -2.91. The first-order chi connectivity index (χ1) is 14.1. The number of nitrogens with one attached hydrogen (secondary N) is 2. The fraction of sp³-hybridized carbons (Fsp3) is 0.350. The lowest BCUT2D eigenvalue weighted by Crippen LogP contribution is -2.27. The molecule has 1 saturated heterocycles. The lowest BCUT2D eigenvalue weighted by Gasteiger charge is -2.14. The Morgan fingerprint density at radius 2 is 2.17 bits per heavy atom. The standard InChI is InChI=1S/C20H24N6O2S/c1-3-28-9-8-25-12-16(10-21-25)23-19-24-18(13-29-19)15-4-6-17(7-5-15)26-11-14(2)22-20(26)27/h4-7,10,12-14H,3,8-9,11H2,1-2H3,(H,22,27)(H,23,24)/t14-/m1/s1. The summed E-state index contributed by atoms with van der Waals surface area (Å²) in [6, 6.07) is 8.03. The molecule has 8 nitrogen and oxygen atoms in total. The molecule has 0 bridgehead atoms. The number of thiazole rings is 1. The number of carbonyl (C=O) groups is 1. The van der Waals surface area contributed by atoms with Crippen molar-refractivity contribution in [2.24, 2.45) is 0 Å². The zero-order chi connectivity index (χ0) is 20.2. The van der Waals surface area contributed by atoms with Crippen LogP contribution in [0.25, 0.3) is 11.3 Å². The van der Waals surface area contributed by atoms with Crippen LogP contribution in [-0.2, 0) is 11.3 Å². The second kappa shape index (κ2) is 8.62. The Labute approximate surface area is 173 Å². The number of rotatable bonds is 8. The van der Waals surface area contributed by atoms with E-state index in [0.29, 0.717) is 19.8 Å². The molecule has 1 aliphatic heterocycles. The molecule has 3 aromatic rings. The number of ether oxygens (including phenoxy) is 1. The number of aromatic nitrogens is 3. The van der Waals surface area contributed by atoms with Crippen molar-refractivity contribution >= 4 is 33.9 Å². The van der Waals surface area contributed by atoms with Gasteiger partial charge in [0.2, 0.25) is 0 Å². The van der Waals surface area contributed by atoms with Crippen LogP contribution in [0.3, 0.4) is 0 Å². The lowest BCUT2D eigenvalue weighted by molar-refractivity contribution is 0.136. The molecule has 29 heavy (non-hydrogen) atoms. The van der Waals surface area contributed by atoms with Crippen LogP contribution in [0.15, 0.2) is 42.0 Å². The number of hydrogen-bond acceptors (Lipinski definition) is 6. The highest BCUT2D eigenvalue weighted by Gasteiger charge is 2.26. The van der Waals surface area contributed by atoms with Crippen molar-refractivity contribution in [2.75, 3.05) is 30.0 Å². The summed E-state index contributed by atoms with van der Waals surface area (Å²) in [5.41, 5.74) is 3.70. The van der Waals surface area contributed by atoms with Crippen LogP contribution in [0, 0.1) is 0 Å². The summed E-state index contributed by atoms with van der Waals surface area (Å²) in [6.45, 7) is 6.73. The normalized spacial score (nSPS) is 16.3. The van der Waals surface area contributed by atoms with Crippen LogP contribution >= 0.6 is 11.3 Å². The van der Waals surface area contributed by atoms with Crippen LogP contribution in [0.4, 0.5) is 21.3 Å². The van der Waals surface area contributed by atoms with E-state index in [9.17, 15) is 4.79 Å². The molecular weight excluding hydrogens is 388 g/mol. The Kier molecular flexibility index (Phi) is 5.77. The predicted molar refractivity (Wildman–Crippen MR) is 115 cm³/mol. The van der Waals surface area contributed by atoms with Gasteiger partial charge in [0.25, 0.3) is 0 Å². The molecule has 0 spiro atoms. The maximum Gasteiger partial charge on any atom is 0.322 e. The monoisotopic (exact) mass is 412 g/mol. The van der Waals surface area contributed by atoms with Crippen molar-refractivity contribution in [3.05, 3.63) is 42.0 Å². The summed E-state index contributed by atoms with van der Waals surface area (Å²) in [7, 11) is 0. The van der Waals surface area contributed by atoms with Gasteiger partial charge in [-0.25, -0.2) is 9.78 Å². The fourth-order valence-electron chi connectivity index (χ4n) is 3.17. The van der Waals surface area contributed by atoms with Crippen LogP contribution in [-0.4, -0.2) is 46.6 Å². The maximum absolute atomic E-state index is 12.0. The Bertz CT molecular complexity index is 968. The predicted octanol–water partition coefficient (Wildman–Crippen LogP) is 3.70. The van der Waals surface area contributed by atoms with Crippen molar-refractivity contribution in [3.8, 4) is 11.3 Å². The minimum Gasteiger partial charge on any atom is -0.380 e. The zero-order valence-electron chi connectivity index (χ0n) is 16.5. The zero-order valence-corrected chi connectivity index (χ0v) is 17.3. The smallest absolute Gasteiger partial charge is 0.322 e. The Morgan fingerprint density at radius 3 is 2.90 bits per heavy atom. The minimum atomic E-state index is -0.0489. The molecule has 3 heterocycles. The van der Waals surface area contributed by atoms with E-state index in [-0.39, 0.29) is 12.1 Å². The summed E-state index contributed by atoms with van der Waals surface area (Å²) < 4.78 is 7.20. The van der Waals surface area contributed by atoms with E-state index >= 15 is 0 Å². The number of nitrogens with zero attached hydrogens (tertiary/aromatic N) is 4. The molecule has 2 amide bonds. The maximum atomic E-state index is 12.0. The van der Waals surface area contributed by atoms with Crippen LogP contribution in [0.5, 0.6) is 0 Å². The number of carbonyl (C=O) groups excluding carboxylic acids is 1. The van der Waals surface area contributed by atoms with Crippen molar-refractivity contribution in [1.82, 2.24) is 20.1 Å². The molecule has 9 heteroatoms. The summed E-state index contributed by atoms with van der Waals surface area (Å²) >= 11 is 1.54.